The Labute approximate surface area is 664 Å². The normalized spacial score (nSPS) is 16.5. The van der Waals surface area contributed by atoms with Crippen LogP contribution in [0.5, 0.6) is 0 Å². The van der Waals surface area contributed by atoms with E-state index in [1.165, 1.54) is 27.9 Å². The van der Waals surface area contributed by atoms with Crippen LogP contribution in [0.1, 0.15) is 125 Å². The fourth-order valence-corrected chi connectivity index (χ4v) is 12.9. The monoisotopic (exact) mass is 1910 g/mol. The minimum absolute atomic E-state index is 0.0173. The van der Waals surface area contributed by atoms with Crippen molar-refractivity contribution in [3.8, 4) is 0 Å². The second-order valence-corrected chi connectivity index (χ2v) is 34.3. The lowest BCUT2D eigenvalue weighted by atomic mass is 9.79. The van der Waals surface area contributed by atoms with Gasteiger partial charge in [-0.15, -0.1) is 0 Å². The number of methoxy groups -OCH3 is 3. The molecule has 7 unspecified atom stereocenters. The molecular weight excluding hydrogens is 1830 g/mol. The number of ether oxygens (including phenoxy) is 6. The Bertz CT molecular complexity index is 3540. The molecule has 122 heavy (non-hydrogen) atoms. The number of carbonyl (C=O) groups is 6. The van der Waals surface area contributed by atoms with Crippen LogP contribution in [-0.4, -0.2) is 204 Å². The Kier molecular flexibility index (Phi) is 39.6. The molecule has 1 aromatic carbocycles. The number of rotatable bonds is 40. The molecule has 0 spiro atoms. The number of esters is 6. The smallest absolute Gasteiger partial charge is 0.460 e. The van der Waals surface area contributed by atoms with Gasteiger partial charge in [0.2, 0.25) is 0 Å². The number of carbonyl (C=O) groups excluding carboxylic acids is 6. The SMILES string of the molecule is CCC(C)(CC(C)C(=O)OCCC(F)(F)C(F)(F)C(F)(F)C(F)(F)C(F)(F)C(F)(F)F)C(=O)OC.CCC(C)(C[Si](C)(C)C)C(=O)OC.CCC(CC(C)C(=O)OCC(F)(F)C(F)(F)C(F)(F)C(F)(F)C(F)(F)C(F)(F)C(F)(F)F)C(=O)OC.CCC(CC(C)C(=O)OCC(F)(F)C(F)(F)C(F)(F)C(F)(F)C(F)(F)C(F)(F)C(F)(F)F)c1ccccc1. The highest BCUT2D eigenvalue weighted by molar-refractivity contribution is 6.76. The molecule has 56 heteroatoms. The third kappa shape index (κ3) is 24.7. The summed E-state index contributed by atoms with van der Waals surface area (Å²) >= 11 is 0. The molecule has 12 nitrogen and oxygen atoms in total. The largest absolute Gasteiger partial charge is 0.469 e. The summed E-state index contributed by atoms with van der Waals surface area (Å²) in [7, 11) is 2.22. The van der Waals surface area contributed by atoms with E-state index >= 15 is 0 Å². The first-order chi connectivity index (χ1) is 53.6. The van der Waals surface area contributed by atoms with Gasteiger partial charge in [-0.05, 0) is 76.3 Å². The van der Waals surface area contributed by atoms with Crippen molar-refractivity contribution in [2.75, 3.05) is 41.2 Å². The third-order valence-electron chi connectivity index (χ3n) is 18.1. The molecule has 0 N–H and O–H groups in total. The summed E-state index contributed by atoms with van der Waals surface area (Å²) in [5.41, 5.74) is -0.911. The topological polar surface area (TPSA) is 158 Å². The lowest BCUT2D eigenvalue weighted by Crippen LogP contribution is -2.73. The highest BCUT2D eigenvalue weighted by Crippen LogP contribution is 2.66. The summed E-state index contributed by atoms with van der Waals surface area (Å²) in [6.45, 7) is 11.6. The molecule has 7 atom stereocenters. The summed E-state index contributed by atoms with van der Waals surface area (Å²) in [6.07, 6.45) is -25.2. The molecular formula is C66H79F43O12Si. The third-order valence-corrected chi connectivity index (χ3v) is 19.9. The lowest BCUT2D eigenvalue weighted by Gasteiger charge is -2.41. The predicted octanol–water partition coefficient (Wildman–Crippen LogP) is 23.4. The fourth-order valence-electron chi connectivity index (χ4n) is 10.2. The van der Waals surface area contributed by atoms with E-state index in [1.54, 1.807) is 37.3 Å². The average molecular weight is 1910 g/mol. The van der Waals surface area contributed by atoms with Gasteiger partial charge < -0.3 is 28.4 Å². The van der Waals surface area contributed by atoms with E-state index in [-0.39, 0.29) is 37.1 Å². The van der Waals surface area contributed by atoms with Crippen LogP contribution >= 0.6 is 0 Å². The Morgan fingerprint density at radius 2 is 0.615 bits per heavy atom. The van der Waals surface area contributed by atoms with E-state index in [0.29, 0.717) is 12.0 Å². The zero-order chi connectivity index (χ0) is 98.7. The minimum atomic E-state index is -8.42. The molecule has 0 aliphatic rings. The fraction of sp³-hybridized carbons (Fsp3) is 0.818. The van der Waals surface area contributed by atoms with Crippen molar-refractivity contribution in [1.82, 2.24) is 0 Å². The molecule has 720 valence electrons. The first kappa shape index (κ1) is 119. The first-order valence-electron chi connectivity index (χ1n) is 34.0. The van der Waals surface area contributed by atoms with Crippen molar-refractivity contribution in [1.29, 1.82) is 0 Å². The standard InChI is InChI=1S/C21H19F15O2.C18H21F13O4.C17H17F15O4.C10H22O2Si/c1-3-12(13-7-5-4-6-8-13)9-11(2)14(37)38-10-15(22,23)16(24,25)17(26,27)18(28,29)19(30,31)20(32,33)21(34,35)36;1-5-12(3,11(33)34-4)8-9(2)10(32)35-7-6-13(19,20)14(21,22)15(23,24)16(25,26)17(27,28)18(29,30)31;1-4-8(10(34)35-3)5-7(2)9(33)36-6-11(18,19)12(20,21)13(22,23)14(24,25)15(26,27)16(28,29)17(30,31)32;1-7-10(2,9(11)12-3)8-13(4,5)6/h4-8,11-12H,3,9-10H2,1-2H3;9H,5-8H2,1-4H3;7-8H,4-6H2,1-3H3;7-8H2,1-6H3. The van der Waals surface area contributed by atoms with Crippen LogP contribution in [0.3, 0.4) is 0 Å². The van der Waals surface area contributed by atoms with Gasteiger partial charge in [0.05, 0.1) is 68.9 Å². The molecule has 0 radical (unpaired) electrons. The van der Waals surface area contributed by atoms with E-state index in [2.05, 4.69) is 50.2 Å². The van der Waals surface area contributed by atoms with Gasteiger partial charge in [0.15, 0.2) is 13.2 Å². The average Bonchev–Trinajstić information content (AvgIpc) is 0.720. The van der Waals surface area contributed by atoms with Gasteiger partial charge in [0, 0.05) is 8.07 Å². The zero-order valence-electron chi connectivity index (χ0n) is 65.4. The van der Waals surface area contributed by atoms with Crippen molar-refractivity contribution < 1.29 is 246 Å². The molecule has 0 fully saturated rings. The number of alkyl halides is 43. The van der Waals surface area contributed by atoms with Gasteiger partial charge >= 0.3 is 155 Å². The van der Waals surface area contributed by atoms with Crippen LogP contribution in [0.15, 0.2) is 30.3 Å². The molecule has 0 saturated heterocycles. The molecule has 1 aromatic rings. The highest BCUT2D eigenvalue weighted by Gasteiger charge is 2.96. The van der Waals surface area contributed by atoms with Crippen LogP contribution in [-0.2, 0) is 57.2 Å². The maximum Gasteiger partial charge on any atom is 0.460 e. The Balaban J connectivity index is -0.00000162. The summed E-state index contributed by atoms with van der Waals surface area (Å²) in [4.78, 5) is 70.3. The number of halogens is 43. The molecule has 0 aliphatic heterocycles. The minimum Gasteiger partial charge on any atom is -0.469 e. The first-order valence-corrected chi connectivity index (χ1v) is 37.7. The van der Waals surface area contributed by atoms with Gasteiger partial charge in [0.1, 0.15) is 0 Å². The van der Waals surface area contributed by atoms with Crippen molar-refractivity contribution in [3.05, 3.63) is 35.9 Å². The van der Waals surface area contributed by atoms with E-state index < -0.39 is 225 Å². The Hall–Kier alpha value is -6.75. The number of benzene rings is 1. The van der Waals surface area contributed by atoms with Gasteiger partial charge in [-0.25, -0.2) is 0 Å². The predicted molar refractivity (Wildman–Crippen MR) is 335 cm³/mol. The summed E-state index contributed by atoms with van der Waals surface area (Å²) in [5.74, 6) is -145. The highest BCUT2D eigenvalue weighted by atomic mass is 28.3. The molecule has 0 aliphatic carbocycles. The van der Waals surface area contributed by atoms with Gasteiger partial charge in [0.25, 0.3) is 0 Å². The quantitative estimate of drug-likeness (QED) is 0.0265. The molecule has 0 amide bonds. The zero-order valence-corrected chi connectivity index (χ0v) is 66.4. The van der Waals surface area contributed by atoms with Gasteiger partial charge in [-0.3, -0.25) is 28.8 Å². The van der Waals surface area contributed by atoms with Crippen LogP contribution in [0.4, 0.5) is 189 Å². The maximum atomic E-state index is 13.9. The van der Waals surface area contributed by atoms with E-state index in [9.17, 15) is 218 Å². The van der Waals surface area contributed by atoms with Crippen molar-refractivity contribution in [2.24, 2.45) is 34.5 Å². The van der Waals surface area contributed by atoms with Crippen molar-refractivity contribution >= 4 is 43.9 Å². The van der Waals surface area contributed by atoms with Crippen molar-refractivity contribution in [3.63, 3.8) is 0 Å². The second-order valence-electron chi connectivity index (χ2n) is 28.9. The van der Waals surface area contributed by atoms with Gasteiger partial charge in [-0.1, -0.05) is 98.4 Å². The Morgan fingerprint density at radius 3 is 0.885 bits per heavy atom. The molecule has 0 heterocycles. The van der Waals surface area contributed by atoms with Crippen molar-refractivity contribution in [2.45, 2.75) is 264 Å². The number of hydrogen-bond acceptors (Lipinski definition) is 12. The van der Waals surface area contributed by atoms with Crippen LogP contribution < -0.4 is 0 Å². The summed E-state index contributed by atoms with van der Waals surface area (Å²) < 4.78 is 590. The van der Waals surface area contributed by atoms with E-state index in [0.717, 1.165) is 47.5 Å². The van der Waals surface area contributed by atoms with E-state index in [4.69, 9.17) is 4.74 Å². The summed E-state index contributed by atoms with van der Waals surface area (Å²) in [5, 5.41) is 0. The van der Waals surface area contributed by atoms with Gasteiger partial charge in [-0.2, -0.15) is 189 Å². The molecule has 0 bridgehead atoms. The van der Waals surface area contributed by atoms with Crippen LogP contribution in [0, 0.1) is 34.5 Å². The van der Waals surface area contributed by atoms with Crippen LogP contribution in [0.25, 0.3) is 0 Å². The second kappa shape index (κ2) is 40.5. The maximum absolute atomic E-state index is 13.9. The molecule has 1 rings (SSSR count). The van der Waals surface area contributed by atoms with Crippen LogP contribution in [0.2, 0.25) is 25.7 Å². The summed E-state index contributed by atoms with van der Waals surface area (Å²) in [6, 6.07) is 9.07. The molecule has 0 saturated carbocycles. The lowest BCUT2D eigenvalue weighted by molar-refractivity contribution is -0.453. The Morgan fingerprint density at radius 1 is 0.336 bits per heavy atom. The molecule has 0 aromatic heterocycles. The van der Waals surface area contributed by atoms with E-state index in [1.807, 2.05) is 6.92 Å². The number of hydrogen-bond donors (Lipinski definition) is 0.